The molecule has 2 aliphatic heterocycles. The van der Waals surface area contributed by atoms with Crippen LogP contribution in [0.5, 0.6) is 0 Å². The maximum atomic E-state index is 7.11. The second-order valence-corrected chi connectivity index (χ2v) is 19.7. The number of anilines is 3. The minimum absolute atomic E-state index is 0. The summed E-state index contributed by atoms with van der Waals surface area (Å²) in [4.78, 5) is 12.9. The topological polar surface area (TPSA) is 42.7 Å². The second kappa shape index (κ2) is 13.5. The molecule has 0 radical (unpaired) electrons. The van der Waals surface area contributed by atoms with Crippen molar-refractivity contribution in [1.82, 2.24) is 9.55 Å². The number of para-hydroxylation sites is 1. The van der Waals surface area contributed by atoms with E-state index in [0.717, 1.165) is 45.9 Å². The third-order valence-electron chi connectivity index (χ3n) is 14.1. The molecular formula is C54H54N4OPt. The summed E-state index contributed by atoms with van der Waals surface area (Å²) in [6.07, 6.45) is 2.80. The van der Waals surface area contributed by atoms with Crippen LogP contribution in [0.15, 0.2) is 96.1 Å². The maximum absolute atomic E-state index is 7.11. The molecule has 2 atom stereocenters. The van der Waals surface area contributed by atoms with Crippen LogP contribution in [0.3, 0.4) is 0 Å². The molecule has 5 aromatic carbocycles. The van der Waals surface area contributed by atoms with E-state index < -0.39 is 11.1 Å². The first-order chi connectivity index (χ1) is 27.9. The molecule has 0 spiro atoms. The van der Waals surface area contributed by atoms with Gasteiger partial charge in [-0.15, -0.1) is 40.8 Å². The van der Waals surface area contributed by atoms with E-state index in [4.69, 9.17) is 14.7 Å². The van der Waals surface area contributed by atoms with Crippen LogP contribution >= 0.6 is 0 Å². The van der Waals surface area contributed by atoms with Crippen LogP contribution < -0.4 is 4.90 Å². The van der Waals surface area contributed by atoms with Gasteiger partial charge in [0.05, 0.1) is 5.54 Å². The van der Waals surface area contributed by atoms with Crippen molar-refractivity contribution in [3.05, 3.63) is 159 Å². The Hall–Kier alpha value is -4.99. The van der Waals surface area contributed by atoms with Crippen molar-refractivity contribution in [2.24, 2.45) is 4.99 Å². The van der Waals surface area contributed by atoms with Crippen LogP contribution in [0.25, 0.3) is 27.6 Å². The molecule has 0 saturated heterocycles. The molecule has 0 unspecified atom stereocenters. The molecule has 0 fully saturated rings. The van der Waals surface area contributed by atoms with Crippen molar-refractivity contribution in [3.63, 3.8) is 0 Å². The molecule has 1 aliphatic carbocycles. The van der Waals surface area contributed by atoms with Crippen molar-refractivity contribution in [2.45, 2.75) is 117 Å². The van der Waals surface area contributed by atoms with Crippen molar-refractivity contribution in [2.75, 3.05) is 4.90 Å². The van der Waals surface area contributed by atoms with E-state index in [1.54, 1.807) is 0 Å². The molecule has 6 heteroatoms. The minimum atomic E-state index is -0.574. The Bertz CT molecular complexity index is 2960. The average Bonchev–Trinajstić information content (AvgIpc) is 3.73. The molecular weight excluding hydrogens is 916 g/mol. The summed E-state index contributed by atoms with van der Waals surface area (Å²) in [5.41, 5.74) is 16.2. The van der Waals surface area contributed by atoms with Crippen LogP contribution in [0.4, 0.5) is 17.1 Å². The quantitative estimate of drug-likeness (QED) is 0.165. The number of aromatic nitrogens is 2. The molecule has 306 valence electrons. The molecule has 0 bridgehead atoms. The standard InChI is InChI=1S/C54H54N4O.Pt/c1-31(2)35-24-36(50-56-53(11)30-41-34(5)33(4)18-19-42(41)54(53,12)59-50)26-38(25-35)57-46-16-14-13-15-43(46)52(9,10)44-28-40-39-23-32(3)17-20-45(39)58(47(40)29-48(44)57)49-27-37(21-22-55-49)51(6,7)8;/h13-25,27-28,31H,30H2,1-12H3;/q-2;+2/t53-,54+;/m1./s1. The average molecular weight is 970 g/mol. The Morgan fingerprint density at radius 3 is 2.32 bits per heavy atom. The zero-order valence-electron chi connectivity index (χ0n) is 37.0. The van der Waals surface area contributed by atoms with Crippen molar-refractivity contribution < 1.29 is 25.8 Å². The number of aliphatic imine (C=N–C) groups is 1. The first-order valence-electron chi connectivity index (χ1n) is 21.2. The summed E-state index contributed by atoms with van der Waals surface area (Å²) in [7, 11) is 0. The monoisotopic (exact) mass is 969 g/mol. The molecule has 0 saturated carbocycles. The molecule has 60 heavy (non-hydrogen) atoms. The number of rotatable bonds is 4. The molecule has 10 rings (SSSR count). The van der Waals surface area contributed by atoms with Gasteiger partial charge in [0.15, 0.2) is 0 Å². The van der Waals surface area contributed by atoms with Crippen LogP contribution in [0.1, 0.15) is 124 Å². The van der Waals surface area contributed by atoms with Gasteiger partial charge in [0, 0.05) is 29.4 Å². The van der Waals surface area contributed by atoms with Crippen LogP contribution in [0.2, 0.25) is 0 Å². The summed E-state index contributed by atoms with van der Waals surface area (Å²) in [5, 5.41) is 2.38. The van der Waals surface area contributed by atoms with Crippen molar-refractivity contribution in [3.8, 4) is 5.82 Å². The van der Waals surface area contributed by atoms with E-state index in [0.29, 0.717) is 5.90 Å². The molecule has 4 heterocycles. The first-order valence-corrected chi connectivity index (χ1v) is 21.2. The Morgan fingerprint density at radius 2 is 1.57 bits per heavy atom. The summed E-state index contributed by atoms with van der Waals surface area (Å²) < 4.78 is 9.43. The van der Waals surface area contributed by atoms with Crippen LogP contribution in [0, 0.1) is 32.9 Å². The summed E-state index contributed by atoms with van der Waals surface area (Å²) >= 11 is 0. The molecule has 3 aliphatic rings. The van der Waals surface area contributed by atoms with Gasteiger partial charge in [0.25, 0.3) is 0 Å². The zero-order chi connectivity index (χ0) is 41.6. The fourth-order valence-electron chi connectivity index (χ4n) is 10.1. The number of hydrogen-bond acceptors (Lipinski definition) is 4. The molecule has 0 N–H and O–H groups in total. The van der Waals surface area contributed by atoms with Gasteiger partial charge in [0.2, 0.25) is 0 Å². The van der Waals surface area contributed by atoms with Gasteiger partial charge >= 0.3 is 21.1 Å². The Balaban J connectivity index is 0.00000462. The molecule has 0 amide bonds. The van der Waals surface area contributed by atoms with Gasteiger partial charge < -0.3 is 14.2 Å². The maximum Gasteiger partial charge on any atom is 2.00 e. The Morgan fingerprint density at radius 1 is 0.800 bits per heavy atom. The number of nitrogens with zero attached hydrogens (tertiary/aromatic N) is 4. The van der Waals surface area contributed by atoms with Crippen LogP contribution in [-0.2, 0) is 48.7 Å². The van der Waals surface area contributed by atoms with Gasteiger partial charge in [-0.25, -0.2) is 4.98 Å². The summed E-state index contributed by atoms with van der Waals surface area (Å²) in [6.45, 7) is 27.1. The van der Waals surface area contributed by atoms with Gasteiger partial charge in [-0.3, -0.25) is 4.99 Å². The molecule has 7 aromatic rings. The van der Waals surface area contributed by atoms with E-state index in [1.165, 1.54) is 60.8 Å². The normalized spacial score (nSPS) is 20.1. The Kier molecular flexibility index (Phi) is 9.10. The van der Waals surface area contributed by atoms with Crippen molar-refractivity contribution >= 4 is 44.8 Å². The number of ether oxygens (including phenoxy) is 1. The van der Waals surface area contributed by atoms with Gasteiger partial charge in [-0.2, -0.15) is 6.07 Å². The predicted octanol–water partition coefficient (Wildman–Crippen LogP) is 13.2. The van der Waals surface area contributed by atoms with Gasteiger partial charge in [0.1, 0.15) is 17.3 Å². The van der Waals surface area contributed by atoms with E-state index in [-0.39, 0.29) is 37.8 Å². The third kappa shape index (κ3) is 5.74. The van der Waals surface area contributed by atoms with E-state index in [1.807, 2.05) is 6.20 Å². The summed E-state index contributed by atoms with van der Waals surface area (Å²) in [6, 6.07) is 39.5. The van der Waals surface area contributed by atoms with Gasteiger partial charge in [-0.1, -0.05) is 113 Å². The number of fused-ring (bicyclic) bond motifs is 8. The van der Waals surface area contributed by atoms with E-state index in [9.17, 15) is 0 Å². The number of aryl methyl sites for hydroxylation is 2. The zero-order valence-corrected chi connectivity index (χ0v) is 39.2. The van der Waals surface area contributed by atoms with Gasteiger partial charge in [-0.05, 0) is 115 Å². The van der Waals surface area contributed by atoms with E-state index >= 15 is 0 Å². The molecule has 2 aromatic heterocycles. The fourth-order valence-corrected chi connectivity index (χ4v) is 10.1. The Labute approximate surface area is 370 Å². The second-order valence-electron chi connectivity index (χ2n) is 19.7. The predicted molar refractivity (Wildman–Crippen MR) is 244 cm³/mol. The number of benzene rings is 5. The SMILES string of the molecule is Cc1ccc2c(c1)c1cc3c([c-]c1n2-c1cc(C(C)(C)C)ccn1)N(c1[c-]c(C2=N[C@]4(C)Cc5c(ccc(C)c5C)[C@]4(C)O2)cc(C(C)C)c1)c1ccccc1C3(C)C.[Pt+2]. The van der Waals surface area contributed by atoms with E-state index in [2.05, 4.69) is 190 Å². The fraction of sp³-hybridized carbons (Fsp3) is 0.333. The molecule has 5 nitrogen and oxygen atoms in total. The minimum Gasteiger partial charge on any atom is -0.508 e. The number of pyridine rings is 1. The largest absolute Gasteiger partial charge is 2.00 e. The van der Waals surface area contributed by atoms with Crippen LogP contribution in [-0.4, -0.2) is 21.0 Å². The number of hydrogen-bond donors (Lipinski definition) is 0. The van der Waals surface area contributed by atoms with Crippen molar-refractivity contribution in [1.29, 1.82) is 0 Å². The third-order valence-corrected chi connectivity index (χ3v) is 14.1. The smallest absolute Gasteiger partial charge is 0.508 e. The first kappa shape index (κ1) is 40.4. The summed E-state index contributed by atoms with van der Waals surface area (Å²) in [5.74, 6) is 1.81.